The van der Waals surface area contributed by atoms with Gasteiger partial charge in [0, 0.05) is 13.2 Å². The Balaban J connectivity index is 3.18. The first-order valence-electron chi connectivity index (χ1n) is 9.37. The molecule has 0 spiro atoms. The number of hydrogen-bond donors (Lipinski definition) is 1. The number of aliphatic hydroxyl groups is 1. The molecule has 0 bridgehead atoms. The van der Waals surface area contributed by atoms with Crippen molar-refractivity contribution in [3.8, 4) is 0 Å². The Morgan fingerprint density at radius 3 is 1.67 bits per heavy atom. The molecule has 128 valence electrons. The fourth-order valence-corrected chi connectivity index (χ4v) is 4.70. The highest BCUT2D eigenvalue weighted by Crippen LogP contribution is 2.16. The maximum Gasteiger partial charge on any atom is 0.186 e. The highest BCUT2D eigenvalue weighted by atomic mass is 28.4. The molecule has 0 fully saturated rings. The summed E-state index contributed by atoms with van der Waals surface area (Å²) >= 11 is 0. The molecule has 0 radical (unpaired) electrons. The first-order valence-corrected chi connectivity index (χ1v) is 12.5. The first kappa shape index (κ1) is 21.1. The van der Waals surface area contributed by atoms with Crippen LogP contribution in [0.5, 0.6) is 0 Å². The second kappa shape index (κ2) is 15.0. The van der Waals surface area contributed by atoms with Gasteiger partial charge in [0.15, 0.2) is 8.32 Å². The van der Waals surface area contributed by atoms with Crippen LogP contribution < -0.4 is 0 Å². The van der Waals surface area contributed by atoms with Crippen molar-refractivity contribution in [1.82, 2.24) is 0 Å². The Kier molecular flexibility index (Phi) is 15.1. The Morgan fingerprint density at radius 2 is 1.19 bits per heavy atom. The summed E-state index contributed by atoms with van der Waals surface area (Å²) in [6, 6.07) is 1.32. The van der Waals surface area contributed by atoms with E-state index in [-0.39, 0.29) is 0 Å². The Labute approximate surface area is 134 Å². The van der Waals surface area contributed by atoms with Crippen molar-refractivity contribution in [3.05, 3.63) is 0 Å². The second-order valence-corrected chi connectivity index (χ2v) is 11.3. The molecule has 0 rings (SSSR count). The average Bonchev–Trinajstić information content (AvgIpc) is 2.46. The molecule has 0 aromatic heterocycles. The van der Waals surface area contributed by atoms with Crippen LogP contribution in [-0.2, 0) is 4.43 Å². The van der Waals surface area contributed by atoms with E-state index < -0.39 is 8.32 Å². The quantitative estimate of drug-likeness (QED) is 0.284. The molecule has 0 atom stereocenters. The molecular formula is C18H40O2Si. The van der Waals surface area contributed by atoms with E-state index >= 15 is 0 Å². The minimum Gasteiger partial charge on any atom is -0.417 e. The predicted octanol–water partition coefficient (Wildman–Crippen LogP) is 5.90. The van der Waals surface area contributed by atoms with Crippen LogP contribution in [0.3, 0.4) is 0 Å². The fourth-order valence-electron chi connectivity index (χ4n) is 2.65. The zero-order valence-electron chi connectivity index (χ0n) is 15.0. The van der Waals surface area contributed by atoms with Crippen molar-refractivity contribution >= 4 is 8.32 Å². The molecule has 0 heterocycles. The summed E-state index contributed by atoms with van der Waals surface area (Å²) in [5.74, 6) is 0. The van der Waals surface area contributed by atoms with Gasteiger partial charge in [0.2, 0.25) is 0 Å². The van der Waals surface area contributed by atoms with E-state index in [9.17, 15) is 0 Å². The molecule has 0 unspecified atom stereocenters. The minimum atomic E-state index is -1.34. The largest absolute Gasteiger partial charge is 0.417 e. The van der Waals surface area contributed by atoms with Crippen molar-refractivity contribution in [2.45, 2.75) is 103 Å². The summed E-state index contributed by atoms with van der Waals surface area (Å²) in [4.78, 5) is 0. The van der Waals surface area contributed by atoms with Crippen LogP contribution in [0.4, 0.5) is 0 Å². The lowest BCUT2D eigenvalue weighted by Gasteiger charge is -2.22. The third-order valence-electron chi connectivity index (χ3n) is 4.18. The third-order valence-corrected chi connectivity index (χ3v) is 6.72. The van der Waals surface area contributed by atoms with Crippen molar-refractivity contribution in [2.24, 2.45) is 0 Å². The van der Waals surface area contributed by atoms with Crippen molar-refractivity contribution < 1.29 is 9.53 Å². The highest BCUT2D eigenvalue weighted by molar-refractivity contribution is 6.71. The first-order chi connectivity index (χ1) is 10.1. The normalized spacial score (nSPS) is 12.0. The lowest BCUT2D eigenvalue weighted by molar-refractivity contribution is 0.282. The minimum absolute atomic E-state index is 0.361. The summed E-state index contributed by atoms with van der Waals surface area (Å²) < 4.78 is 6.13. The van der Waals surface area contributed by atoms with Crippen LogP contribution in [0.1, 0.15) is 84.0 Å². The molecular weight excluding hydrogens is 276 g/mol. The van der Waals surface area contributed by atoms with E-state index in [0.29, 0.717) is 6.61 Å². The Hall–Kier alpha value is 0.137. The van der Waals surface area contributed by atoms with Gasteiger partial charge < -0.3 is 9.53 Å². The molecule has 0 aromatic rings. The van der Waals surface area contributed by atoms with Gasteiger partial charge in [-0.05, 0) is 32.0 Å². The zero-order valence-corrected chi connectivity index (χ0v) is 16.0. The van der Waals surface area contributed by atoms with E-state index in [1.165, 1.54) is 76.7 Å². The van der Waals surface area contributed by atoms with Gasteiger partial charge in [0.05, 0.1) is 0 Å². The van der Waals surface area contributed by atoms with E-state index in [0.717, 1.165) is 13.0 Å². The number of rotatable bonds is 16. The number of unbranched alkanes of at least 4 members (excludes halogenated alkanes) is 10. The third kappa shape index (κ3) is 16.3. The Morgan fingerprint density at radius 1 is 0.714 bits per heavy atom. The van der Waals surface area contributed by atoms with Crippen LogP contribution in [0.2, 0.25) is 19.1 Å². The summed E-state index contributed by atoms with van der Waals surface area (Å²) in [7, 11) is -1.34. The van der Waals surface area contributed by atoms with Crippen LogP contribution in [0.15, 0.2) is 0 Å². The molecule has 0 amide bonds. The zero-order chi connectivity index (χ0) is 15.8. The molecule has 0 aliphatic heterocycles. The van der Waals surface area contributed by atoms with Gasteiger partial charge >= 0.3 is 0 Å². The lowest BCUT2D eigenvalue weighted by Crippen LogP contribution is -2.30. The van der Waals surface area contributed by atoms with Crippen LogP contribution in [0.25, 0.3) is 0 Å². The molecule has 0 saturated heterocycles. The van der Waals surface area contributed by atoms with Gasteiger partial charge in [-0.25, -0.2) is 0 Å². The molecule has 0 aliphatic rings. The maximum atomic E-state index is 8.69. The molecule has 2 nitrogen and oxygen atoms in total. The summed E-state index contributed by atoms with van der Waals surface area (Å²) in [6.07, 6.45) is 15.6. The van der Waals surface area contributed by atoms with E-state index in [4.69, 9.17) is 9.53 Å². The smallest absolute Gasteiger partial charge is 0.186 e. The SMILES string of the molecule is CCCC[Si](C)(C)OCCCCCCCCCCCCO. The van der Waals surface area contributed by atoms with Crippen molar-refractivity contribution in [2.75, 3.05) is 13.2 Å². The lowest BCUT2D eigenvalue weighted by atomic mass is 10.1. The van der Waals surface area contributed by atoms with E-state index in [1.807, 2.05) is 0 Å². The molecule has 21 heavy (non-hydrogen) atoms. The van der Waals surface area contributed by atoms with Crippen LogP contribution in [0, 0.1) is 0 Å². The highest BCUT2D eigenvalue weighted by Gasteiger charge is 2.20. The van der Waals surface area contributed by atoms with Crippen molar-refractivity contribution in [1.29, 1.82) is 0 Å². The van der Waals surface area contributed by atoms with Crippen molar-refractivity contribution in [3.63, 3.8) is 0 Å². The van der Waals surface area contributed by atoms with Gasteiger partial charge in [-0.1, -0.05) is 71.1 Å². The standard InChI is InChI=1S/C18H40O2Si/c1-4-5-18-21(2,3)20-17-15-13-11-9-7-6-8-10-12-14-16-19/h19H,4-18H2,1-3H3. The molecule has 0 aromatic carbocycles. The second-order valence-electron chi connectivity index (χ2n) is 6.97. The van der Waals surface area contributed by atoms with E-state index in [2.05, 4.69) is 20.0 Å². The average molecular weight is 317 g/mol. The van der Waals surface area contributed by atoms with E-state index in [1.54, 1.807) is 0 Å². The molecule has 3 heteroatoms. The summed E-state index contributed by atoms with van der Waals surface area (Å²) in [5.41, 5.74) is 0. The van der Waals surface area contributed by atoms with Crippen LogP contribution >= 0.6 is 0 Å². The fraction of sp³-hybridized carbons (Fsp3) is 1.00. The van der Waals surface area contributed by atoms with Gasteiger partial charge in [0.25, 0.3) is 0 Å². The van der Waals surface area contributed by atoms with Gasteiger partial charge in [-0.2, -0.15) is 0 Å². The van der Waals surface area contributed by atoms with Gasteiger partial charge in [0.1, 0.15) is 0 Å². The maximum absolute atomic E-state index is 8.69. The van der Waals surface area contributed by atoms with Crippen LogP contribution in [-0.4, -0.2) is 26.6 Å². The molecule has 0 saturated carbocycles. The summed E-state index contributed by atoms with van der Waals surface area (Å²) in [6.45, 7) is 8.33. The molecule has 0 aliphatic carbocycles. The monoisotopic (exact) mass is 316 g/mol. The molecule has 1 N–H and O–H groups in total. The number of aliphatic hydroxyl groups excluding tert-OH is 1. The van der Waals surface area contributed by atoms with Gasteiger partial charge in [-0.15, -0.1) is 0 Å². The topological polar surface area (TPSA) is 29.5 Å². The number of hydrogen-bond acceptors (Lipinski definition) is 2. The predicted molar refractivity (Wildman–Crippen MR) is 96.4 cm³/mol. The van der Waals surface area contributed by atoms with Gasteiger partial charge in [-0.3, -0.25) is 0 Å². The summed E-state index contributed by atoms with van der Waals surface area (Å²) in [5, 5.41) is 8.69. The Bertz CT molecular complexity index is 207.